The zero-order valence-electron chi connectivity index (χ0n) is 11.2. The predicted molar refractivity (Wildman–Crippen MR) is 75.6 cm³/mol. The molecular weight excluding hydrogens is 257 g/mol. The fourth-order valence-electron chi connectivity index (χ4n) is 1.81. The van der Waals surface area contributed by atoms with Crippen LogP contribution < -0.4 is 11.1 Å². The third kappa shape index (κ3) is 3.54. The van der Waals surface area contributed by atoms with E-state index in [9.17, 15) is 9.18 Å². The molecule has 1 aromatic carbocycles. The summed E-state index contributed by atoms with van der Waals surface area (Å²) < 4.78 is 12.8. The summed E-state index contributed by atoms with van der Waals surface area (Å²) in [5.74, 6) is -0.191. The second-order valence-electron chi connectivity index (χ2n) is 4.43. The van der Waals surface area contributed by atoms with Gasteiger partial charge in [0.05, 0.1) is 0 Å². The zero-order chi connectivity index (χ0) is 14.5. The molecule has 0 radical (unpaired) electrons. The number of rotatable bonds is 4. The van der Waals surface area contributed by atoms with Crippen LogP contribution in [0.1, 0.15) is 28.5 Å². The molecule has 4 nitrogen and oxygen atoms in total. The molecule has 1 amide bonds. The molecule has 0 aliphatic rings. The van der Waals surface area contributed by atoms with Gasteiger partial charge < -0.3 is 11.1 Å². The lowest BCUT2D eigenvalue weighted by Crippen LogP contribution is -2.23. The van der Waals surface area contributed by atoms with Crippen molar-refractivity contribution in [3.05, 3.63) is 59.0 Å². The highest BCUT2D eigenvalue weighted by Gasteiger charge is 2.08. The standard InChI is InChI=1S/C15H16FN3O/c1-2-13-7-11(8-14(17)19-13)15(20)18-9-10-3-5-12(16)6-4-10/h3-8H,2,9H2,1H3,(H2,17,19)(H,18,20). The Labute approximate surface area is 116 Å². The average molecular weight is 273 g/mol. The van der Waals surface area contributed by atoms with Crippen LogP contribution in [-0.2, 0) is 13.0 Å². The van der Waals surface area contributed by atoms with E-state index in [1.807, 2.05) is 6.92 Å². The molecule has 0 saturated heterocycles. The molecule has 1 heterocycles. The molecule has 5 heteroatoms. The van der Waals surface area contributed by atoms with E-state index in [0.29, 0.717) is 24.3 Å². The van der Waals surface area contributed by atoms with Crippen LogP contribution in [0.3, 0.4) is 0 Å². The maximum atomic E-state index is 12.8. The Morgan fingerprint density at radius 1 is 1.30 bits per heavy atom. The van der Waals surface area contributed by atoms with Crippen molar-refractivity contribution in [1.82, 2.24) is 10.3 Å². The number of anilines is 1. The molecule has 0 spiro atoms. The number of nitrogens with one attached hydrogen (secondary N) is 1. The van der Waals surface area contributed by atoms with Crippen LogP contribution >= 0.6 is 0 Å². The van der Waals surface area contributed by atoms with Gasteiger partial charge in [-0.1, -0.05) is 19.1 Å². The molecule has 3 N–H and O–H groups in total. The van der Waals surface area contributed by atoms with Crippen LogP contribution in [0.15, 0.2) is 36.4 Å². The third-order valence-electron chi connectivity index (χ3n) is 2.89. The van der Waals surface area contributed by atoms with Gasteiger partial charge >= 0.3 is 0 Å². The number of pyridine rings is 1. The summed E-state index contributed by atoms with van der Waals surface area (Å²) >= 11 is 0. The largest absolute Gasteiger partial charge is 0.384 e. The van der Waals surface area contributed by atoms with Gasteiger partial charge in [-0.15, -0.1) is 0 Å². The summed E-state index contributed by atoms with van der Waals surface area (Å²) in [6.07, 6.45) is 0.712. The molecule has 0 bridgehead atoms. The van der Waals surface area contributed by atoms with Crippen molar-refractivity contribution < 1.29 is 9.18 Å². The third-order valence-corrected chi connectivity index (χ3v) is 2.89. The lowest BCUT2D eigenvalue weighted by Gasteiger charge is -2.07. The number of hydrogen-bond acceptors (Lipinski definition) is 3. The van der Waals surface area contributed by atoms with Crippen molar-refractivity contribution in [2.24, 2.45) is 0 Å². The van der Waals surface area contributed by atoms with Crippen molar-refractivity contribution >= 4 is 11.7 Å². The Hall–Kier alpha value is -2.43. The van der Waals surface area contributed by atoms with E-state index in [-0.39, 0.29) is 11.7 Å². The van der Waals surface area contributed by atoms with Gasteiger partial charge in [0, 0.05) is 17.8 Å². The smallest absolute Gasteiger partial charge is 0.251 e. The second-order valence-corrected chi connectivity index (χ2v) is 4.43. The lowest BCUT2D eigenvalue weighted by atomic mass is 10.1. The maximum Gasteiger partial charge on any atom is 0.251 e. The van der Waals surface area contributed by atoms with Gasteiger partial charge in [0.2, 0.25) is 0 Å². The van der Waals surface area contributed by atoms with Gasteiger partial charge in [-0.3, -0.25) is 4.79 Å². The maximum absolute atomic E-state index is 12.8. The molecule has 0 unspecified atom stereocenters. The highest BCUT2D eigenvalue weighted by atomic mass is 19.1. The first-order valence-electron chi connectivity index (χ1n) is 6.37. The predicted octanol–water partition coefficient (Wildman–Crippen LogP) is 2.30. The van der Waals surface area contributed by atoms with Crippen LogP contribution in [0.2, 0.25) is 0 Å². The Kier molecular flexibility index (Phi) is 4.30. The number of benzene rings is 1. The van der Waals surface area contributed by atoms with E-state index in [1.54, 1.807) is 24.3 Å². The van der Waals surface area contributed by atoms with Crippen molar-refractivity contribution in [2.75, 3.05) is 5.73 Å². The summed E-state index contributed by atoms with van der Waals surface area (Å²) in [5.41, 5.74) is 7.75. The first-order valence-corrected chi connectivity index (χ1v) is 6.37. The van der Waals surface area contributed by atoms with Crippen LogP contribution in [-0.4, -0.2) is 10.9 Å². The SMILES string of the molecule is CCc1cc(C(=O)NCc2ccc(F)cc2)cc(N)n1. The molecule has 0 aliphatic heterocycles. The molecule has 2 aromatic rings. The highest BCUT2D eigenvalue weighted by Crippen LogP contribution is 2.09. The Morgan fingerprint density at radius 2 is 2.00 bits per heavy atom. The summed E-state index contributed by atoms with van der Waals surface area (Å²) in [4.78, 5) is 16.2. The molecule has 0 fully saturated rings. The molecule has 1 aromatic heterocycles. The van der Waals surface area contributed by atoms with Crippen LogP contribution in [0.5, 0.6) is 0 Å². The molecule has 2 rings (SSSR count). The summed E-state index contributed by atoms with van der Waals surface area (Å²) in [7, 11) is 0. The van der Waals surface area contributed by atoms with E-state index in [1.165, 1.54) is 12.1 Å². The van der Waals surface area contributed by atoms with Gasteiger partial charge in [-0.2, -0.15) is 0 Å². The topological polar surface area (TPSA) is 68.0 Å². The minimum Gasteiger partial charge on any atom is -0.384 e. The van der Waals surface area contributed by atoms with Crippen molar-refractivity contribution in [3.63, 3.8) is 0 Å². The van der Waals surface area contributed by atoms with E-state index < -0.39 is 0 Å². The molecule has 0 atom stereocenters. The number of carbonyl (C=O) groups is 1. The quantitative estimate of drug-likeness (QED) is 0.898. The Balaban J connectivity index is 2.04. The number of nitrogens with zero attached hydrogens (tertiary/aromatic N) is 1. The van der Waals surface area contributed by atoms with Gasteiger partial charge in [0.15, 0.2) is 0 Å². The summed E-state index contributed by atoms with van der Waals surface area (Å²) in [5, 5.41) is 2.77. The fraction of sp³-hybridized carbons (Fsp3) is 0.200. The van der Waals surface area contributed by atoms with Crippen LogP contribution in [0.25, 0.3) is 0 Å². The van der Waals surface area contributed by atoms with Crippen molar-refractivity contribution in [1.29, 1.82) is 0 Å². The van der Waals surface area contributed by atoms with E-state index in [2.05, 4.69) is 10.3 Å². The van der Waals surface area contributed by atoms with E-state index in [4.69, 9.17) is 5.73 Å². The molecule has 20 heavy (non-hydrogen) atoms. The van der Waals surface area contributed by atoms with Gasteiger partial charge in [-0.05, 0) is 36.2 Å². The lowest BCUT2D eigenvalue weighted by molar-refractivity contribution is 0.0950. The fourth-order valence-corrected chi connectivity index (χ4v) is 1.81. The Morgan fingerprint density at radius 3 is 2.65 bits per heavy atom. The number of nitrogens with two attached hydrogens (primary N) is 1. The number of aromatic nitrogens is 1. The Bertz CT molecular complexity index is 611. The number of aryl methyl sites for hydroxylation is 1. The van der Waals surface area contributed by atoms with Gasteiger partial charge in [0.1, 0.15) is 11.6 Å². The summed E-state index contributed by atoms with van der Waals surface area (Å²) in [6.45, 7) is 2.28. The first-order chi connectivity index (χ1) is 9.58. The van der Waals surface area contributed by atoms with Crippen molar-refractivity contribution in [3.8, 4) is 0 Å². The normalized spacial score (nSPS) is 10.3. The van der Waals surface area contributed by atoms with Gasteiger partial charge in [0.25, 0.3) is 5.91 Å². The number of carbonyl (C=O) groups excluding carboxylic acids is 1. The molecule has 104 valence electrons. The molecular formula is C15H16FN3O. The van der Waals surface area contributed by atoms with Gasteiger partial charge in [-0.25, -0.2) is 9.37 Å². The number of amides is 1. The highest BCUT2D eigenvalue weighted by molar-refractivity contribution is 5.94. The van der Waals surface area contributed by atoms with E-state index >= 15 is 0 Å². The number of halogens is 1. The minimum atomic E-state index is -0.297. The molecule has 0 saturated carbocycles. The number of nitrogen functional groups attached to an aromatic ring is 1. The van der Waals surface area contributed by atoms with Crippen LogP contribution in [0.4, 0.5) is 10.2 Å². The summed E-state index contributed by atoms with van der Waals surface area (Å²) in [6, 6.07) is 9.25. The van der Waals surface area contributed by atoms with E-state index in [0.717, 1.165) is 11.3 Å². The molecule has 0 aliphatic carbocycles. The zero-order valence-corrected chi connectivity index (χ0v) is 11.2. The monoisotopic (exact) mass is 273 g/mol. The van der Waals surface area contributed by atoms with Crippen molar-refractivity contribution in [2.45, 2.75) is 19.9 Å². The number of hydrogen-bond donors (Lipinski definition) is 2. The van der Waals surface area contributed by atoms with Crippen LogP contribution in [0, 0.1) is 5.82 Å². The minimum absolute atomic E-state index is 0.224. The average Bonchev–Trinajstić information content (AvgIpc) is 2.45. The first kappa shape index (κ1) is 14.0. The second kappa shape index (κ2) is 6.14.